The summed E-state index contributed by atoms with van der Waals surface area (Å²) < 4.78 is 7.40. The van der Waals surface area contributed by atoms with Gasteiger partial charge in [-0.1, -0.05) is 0 Å². The molecule has 1 fully saturated rings. The fourth-order valence-electron chi connectivity index (χ4n) is 4.08. The Morgan fingerprint density at radius 2 is 2.27 bits per heavy atom. The molecule has 0 aliphatic carbocycles. The lowest BCUT2D eigenvalue weighted by Crippen LogP contribution is -2.32. The van der Waals surface area contributed by atoms with Gasteiger partial charge in [-0.15, -0.1) is 0 Å². The molecule has 3 aromatic rings. The summed E-state index contributed by atoms with van der Waals surface area (Å²) in [7, 11) is 2.09. The lowest BCUT2D eigenvalue weighted by atomic mass is 9.96. The molecule has 4 heterocycles. The molecule has 30 heavy (non-hydrogen) atoms. The van der Waals surface area contributed by atoms with Gasteiger partial charge in [-0.05, 0) is 63.4 Å². The molecule has 1 aliphatic heterocycles. The van der Waals surface area contributed by atoms with Gasteiger partial charge in [0.15, 0.2) is 0 Å². The van der Waals surface area contributed by atoms with Crippen molar-refractivity contribution in [3.8, 4) is 22.9 Å². The number of hydrogen-bond donors (Lipinski definition) is 1. The van der Waals surface area contributed by atoms with Crippen molar-refractivity contribution in [1.29, 1.82) is 5.26 Å². The number of rotatable bonds is 7. The third-order valence-electron chi connectivity index (χ3n) is 5.74. The first-order valence-electron chi connectivity index (χ1n) is 10.6. The first-order valence-corrected chi connectivity index (χ1v) is 10.6. The van der Waals surface area contributed by atoms with E-state index in [4.69, 9.17) is 9.72 Å². The zero-order valence-electron chi connectivity index (χ0n) is 17.6. The second-order valence-electron chi connectivity index (χ2n) is 7.81. The van der Waals surface area contributed by atoms with Crippen LogP contribution in [0, 0.1) is 17.2 Å². The van der Waals surface area contributed by atoms with E-state index < -0.39 is 0 Å². The second-order valence-corrected chi connectivity index (χ2v) is 7.81. The Hall–Kier alpha value is -3.11. The molecule has 7 nitrogen and oxygen atoms in total. The number of aromatic nitrogens is 3. The molecule has 1 aliphatic rings. The molecule has 0 radical (unpaired) electrons. The largest absolute Gasteiger partial charge is 0.492 e. The van der Waals surface area contributed by atoms with Gasteiger partial charge in [0.2, 0.25) is 0 Å². The average Bonchev–Trinajstić information content (AvgIpc) is 3.21. The number of nitrogens with zero attached hydrogens (tertiary/aromatic N) is 5. The number of piperidine rings is 1. The summed E-state index contributed by atoms with van der Waals surface area (Å²) in [5.74, 6) is 2.42. The highest BCUT2D eigenvalue weighted by atomic mass is 16.5. The predicted octanol–water partition coefficient (Wildman–Crippen LogP) is 3.49. The molecular formula is C23H28N6O. The standard InChI is InChI=1S/C23H28N6O/c1-3-30-20-11-21(23-19(12-24)15-27-29(23)16-20)18-6-7-22(26-14-18)28(2)10-8-17-5-4-9-25-13-17/h6-7,11,14-17,25H,3-5,8-10,13H2,1-2H3. The molecule has 7 heteroatoms. The normalized spacial score (nSPS) is 16.4. The molecule has 3 aromatic heterocycles. The third kappa shape index (κ3) is 4.24. The van der Waals surface area contributed by atoms with Crippen LogP contribution in [-0.4, -0.2) is 47.9 Å². The van der Waals surface area contributed by atoms with Crippen LogP contribution in [0.4, 0.5) is 5.82 Å². The van der Waals surface area contributed by atoms with Crippen LogP contribution in [0.5, 0.6) is 5.75 Å². The van der Waals surface area contributed by atoms with Crippen molar-refractivity contribution in [3.63, 3.8) is 0 Å². The maximum atomic E-state index is 9.49. The van der Waals surface area contributed by atoms with Gasteiger partial charge < -0.3 is 15.0 Å². The fourth-order valence-corrected chi connectivity index (χ4v) is 4.08. The molecule has 1 saturated heterocycles. The van der Waals surface area contributed by atoms with Gasteiger partial charge in [-0.25, -0.2) is 9.50 Å². The topological polar surface area (TPSA) is 78.5 Å². The summed E-state index contributed by atoms with van der Waals surface area (Å²) in [6.07, 6.45) is 9.02. The van der Waals surface area contributed by atoms with E-state index in [1.54, 1.807) is 16.9 Å². The van der Waals surface area contributed by atoms with Crippen LogP contribution in [0.3, 0.4) is 0 Å². The maximum absolute atomic E-state index is 9.49. The Morgan fingerprint density at radius 3 is 2.97 bits per heavy atom. The number of fused-ring (bicyclic) bond motifs is 1. The van der Waals surface area contributed by atoms with E-state index in [-0.39, 0.29) is 0 Å². The van der Waals surface area contributed by atoms with E-state index in [2.05, 4.69) is 34.5 Å². The Kier molecular flexibility index (Phi) is 6.15. The Bertz CT molecular complexity index is 1030. The van der Waals surface area contributed by atoms with E-state index in [1.165, 1.54) is 19.3 Å². The number of nitrogens with one attached hydrogen (secondary N) is 1. The maximum Gasteiger partial charge on any atom is 0.138 e. The van der Waals surface area contributed by atoms with Crippen molar-refractivity contribution >= 4 is 11.3 Å². The van der Waals surface area contributed by atoms with Gasteiger partial charge in [-0.2, -0.15) is 10.4 Å². The van der Waals surface area contributed by atoms with Crippen LogP contribution in [0.25, 0.3) is 16.6 Å². The molecule has 156 valence electrons. The smallest absolute Gasteiger partial charge is 0.138 e. The summed E-state index contributed by atoms with van der Waals surface area (Å²) in [6, 6.07) is 8.29. The van der Waals surface area contributed by atoms with Crippen molar-refractivity contribution in [1.82, 2.24) is 19.9 Å². The van der Waals surface area contributed by atoms with Crippen molar-refractivity contribution in [2.45, 2.75) is 26.2 Å². The zero-order valence-corrected chi connectivity index (χ0v) is 17.6. The fraction of sp³-hybridized carbons (Fsp3) is 0.435. The van der Waals surface area contributed by atoms with E-state index in [1.807, 2.05) is 25.3 Å². The van der Waals surface area contributed by atoms with E-state index in [0.717, 1.165) is 53.8 Å². The highest BCUT2D eigenvalue weighted by Gasteiger charge is 2.16. The summed E-state index contributed by atoms with van der Waals surface area (Å²) in [4.78, 5) is 6.91. The Morgan fingerprint density at radius 1 is 1.37 bits per heavy atom. The molecule has 1 N–H and O–H groups in total. The summed E-state index contributed by atoms with van der Waals surface area (Å²) in [5.41, 5.74) is 3.14. The van der Waals surface area contributed by atoms with Crippen LogP contribution in [-0.2, 0) is 0 Å². The minimum absolute atomic E-state index is 0.537. The number of pyridine rings is 2. The second kappa shape index (κ2) is 9.14. The first-order chi connectivity index (χ1) is 14.7. The molecule has 0 bridgehead atoms. The number of ether oxygens (including phenoxy) is 1. The predicted molar refractivity (Wildman–Crippen MR) is 118 cm³/mol. The van der Waals surface area contributed by atoms with Gasteiger partial charge in [0.25, 0.3) is 0 Å². The summed E-state index contributed by atoms with van der Waals surface area (Å²) >= 11 is 0. The summed E-state index contributed by atoms with van der Waals surface area (Å²) in [6.45, 7) is 5.78. The monoisotopic (exact) mass is 404 g/mol. The molecule has 0 amide bonds. The van der Waals surface area contributed by atoms with Crippen LogP contribution >= 0.6 is 0 Å². The average molecular weight is 405 g/mol. The minimum atomic E-state index is 0.537. The zero-order chi connectivity index (χ0) is 20.9. The first kappa shape index (κ1) is 20.2. The number of anilines is 1. The van der Waals surface area contributed by atoms with E-state index in [0.29, 0.717) is 12.2 Å². The van der Waals surface area contributed by atoms with Crippen LogP contribution in [0.15, 0.2) is 36.8 Å². The van der Waals surface area contributed by atoms with Crippen molar-refractivity contribution in [3.05, 3.63) is 42.4 Å². The summed E-state index contributed by atoms with van der Waals surface area (Å²) in [5, 5.41) is 17.3. The molecule has 1 atom stereocenters. The van der Waals surface area contributed by atoms with Gasteiger partial charge in [0.1, 0.15) is 17.6 Å². The lowest BCUT2D eigenvalue weighted by molar-refractivity contribution is 0.338. The lowest BCUT2D eigenvalue weighted by Gasteiger charge is -2.26. The Balaban J connectivity index is 1.56. The van der Waals surface area contributed by atoms with Gasteiger partial charge in [0, 0.05) is 30.9 Å². The van der Waals surface area contributed by atoms with E-state index >= 15 is 0 Å². The molecule has 0 aromatic carbocycles. The van der Waals surface area contributed by atoms with Crippen LogP contribution in [0.1, 0.15) is 31.7 Å². The molecule has 4 rings (SSSR count). The molecule has 1 unspecified atom stereocenters. The van der Waals surface area contributed by atoms with Crippen molar-refractivity contribution in [2.75, 3.05) is 38.2 Å². The minimum Gasteiger partial charge on any atom is -0.492 e. The van der Waals surface area contributed by atoms with Crippen LogP contribution in [0.2, 0.25) is 0 Å². The number of nitriles is 1. The number of hydrogen-bond acceptors (Lipinski definition) is 6. The van der Waals surface area contributed by atoms with E-state index in [9.17, 15) is 5.26 Å². The van der Waals surface area contributed by atoms with Crippen LogP contribution < -0.4 is 15.0 Å². The van der Waals surface area contributed by atoms with Crippen molar-refractivity contribution < 1.29 is 4.74 Å². The SMILES string of the molecule is CCOc1cc(-c2ccc(N(C)CCC3CCCNC3)nc2)c2c(C#N)cnn2c1. The highest BCUT2D eigenvalue weighted by Crippen LogP contribution is 2.31. The molecule has 0 saturated carbocycles. The van der Waals surface area contributed by atoms with Gasteiger partial charge >= 0.3 is 0 Å². The molecule has 0 spiro atoms. The third-order valence-corrected chi connectivity index (χ3v) is 5.74. The molecular weight excluding hydrogens is 376 g/mol. The van der Waals surface area contributed by atoms with Gasteiger partial charge in [0.05, 0.1) is 30.1 Å². The Labute approximate surface area is 177 Å². The highest BCUT2D eigenvalue weighted by molar-refractivity contribution is 5.85. The van der Waals surface area contributed by atoms with Gasteiger partial charge in [-0.3, -0.25) is 0 Å². The van der Waals surface area contributed by atoms with Crippen molar-refractivity contribution in [2.24, 2.45) is 5.92 Å². The quantitative estimate of drug-likeness (QED) is 0.649.